The number of carboxylic acid groups (broad SMARTS) is 1. The van der Waals surface area contributed by atoms with Crippen LogP contribution in [0.2, 0.25) is 0 Å². The van der Waals surface area contributed by atoms with Gasteiger partial charge in [-0.15, -0.1) is 0 Å². The summed E-state index contributed by atoms with van der Waals surface area (Å²) in [5, 5.41) is 11.0. The van der Waals surface area contributed by atoms with Gasteiger partial charge in [-0.1, -0.05) is 30.3 Å². The summed E-state index contributed by atoms with van der Waals surface area (Å²) in [5.41, 5.74) is 5.38. The summed E-state index contributed by atoms with van der Waals surface area (Å²) in [6, 6.07) is 7.08. The van der Waals surface area contributed by atoms with Crippen molar-refractivity contribution >= 4 is 23.6 Å². The largest absolute Gasteiger partial charge is 0.480 e. The van der Waals surface area contributed by atoms with E-state index in [9.17, 15) is 19.2 Å². The Bertz CT molecular complexity index is 542. The van der Waals surface area contributed by atoms with E-state index in [-0.39, 0.29) is 18.6 Å². The number of nitrogens with two attached hydrogens (primary N) is 1. The smallest absolute Gasteiger partial charge is 0.326 e. The van der Waals surface area contributed by atoms with Gasteiger partial charge < -0.3 is 16.2 Å². The summed E-state index contributed by atoms with van der Waals surface area (Å²) < 4.78 is 0. The second kappa shape index (κ2) is 7.78. The van der Waals surface area contributed by atoms with Gasteiger partial charge in [0, 0.05) is 18.4 Å². The number of benzene rings is 1. The molecule has 0 spiro atoms. The molecule has 1 rings (SSSR count). The molecule has 0 aliphatic heterocycles. The van der Waals surface area contributed by atoms with Crippen LogP contribution in [0, 0.1) is 0 Å². The summed E-state index contributed by atoms with van der Waals surface area (Å²) in [6.45, 7) is 0. The first kappa shape index (κ1) is 16.4. The molecule has 112 valence electrons. The van der Waals surface area contributed by atoms with Gasteiger partial charge in [0.15, 0.2) is 5.78 Å². The molecule has 21 heavy (non-hydrogen) atoms. The first-order valence-corrected chi connectivity index (χ1v) is 6.29. The number of primary amides is 1. The van der Waals surface area contributed by atoms with Crippen molar-refractivity contribution in [3.05, 3.63) is 35.9 Å². The van der Waals surface area contributed by atoms with E-state index >= 15 is 0 Å². The number of hydrogen-bond acceptors (Lipinski definition) is 4. The summed E-state index contributed by atoms with van der Waals surface area (Å²) >= 11 is 0. The summed E-state index contributed by atoms with van der Waals surface area (Å²) in [6.07, 6.45) is -0.692. The molecule has 0 aliphatic carbocycles. The van der Waals surface area contributed by atoms with E-state index in [1.807, 2.05) is 0 Å². The number of aliphatic carboxylic acids is 1. The van der Waals surface area contributed by atoms with Crippen LogP contribution in [0.4, 0.5) is 0 Å². The summed E-state index contributed by atoms with van der Waals surface area (Å²) in [7, 11) is 0. The van der Waals surface area contributed by atoms with Crippen LogP contribution < -0.4 is 11.1 Å². The van der Waals surface area contributed by atoms with Gasteiger partial charge in [0.2, 0.25) is 11.8 Å². The molecule has 0 aliphatic rings. The maximum Gasteiger partial charge on any atom is 0.326 e. The number of carbonyl (C=O) groups is 4. The Morgan fingerprint density at radius 1 is 1.10 bits per heavy atom. The average molecular weight is 292 g/mol. The molecule has 0 radical (unpaired) electrons. The summed E-state index contributed by atoms with van der Waals surface area (Å²) in [5.74, 6) is -3.01. The second-order valence-corrected chi connectivity index (χ2v) is 4.42. The van der Waals surface area contributed by atoms with Crippen LogP contribution in [0.3, 0.4) is 0 Å². The zero-order valence-corrected chi connectivity index (χ0v) is 11.2. The lowest BCUT2D eigenvalue weighted by Gasteiger charge is -2.12. The van der Waals surface area contributed by atoms with Crippen LogP contribution in [-0.2, 0) is 14.4 Å². The predicted octanol–water partition coefficient (Wildman–Crippen LogP) is 0.0943. The predicted molar refractivity (Wildman–Crippen MR) is 73.4 cm³/mol. The van der Waals surface area contributed by atoms with Crippen molar-refractivity contribution < 1.29 is 24.3 Å². The van der Waals surface area contributed by atoms with E-state index < -0.39 is 30.2 Å². The van der Waals surface area contributed by atoms with Gasteiger partial charge >= 0.3 is 5.97 Å². The molecule has 1 atom stereocenters. The highest BCUT2D eigenvalue weighted by Crippen LogP contribution is 2.05. The topological polar surface area (TPSA) is 127 Å². The molecular weight excluding hydrogens is 276 g/mol. The third kappa shape index (κ3) is 5.85. The fraction of sp³-hybridized carbons (Fsp3) is 0.286. The van der Waals surface area contributed by atoms with E-state index in [2.05, 4.69) is 5.32 Å². The number of rotatable bonds is 8. The molecule has 0 bridgehead atoms. The van der Waals surface area contributed by atoms with Crippen molar-refractivity contribution in [2.24, 2.45) is 5.73 Å². The zero-order valence-electron chi connectivity index (χ0n) is 11.2. The summed E-state index contributed by atoms with van der Waals surface area (Å²) in [4.78, 5) is 44.9. The third-order valence-corrected chi connectivity index (χ3v) is 2.71. The minimum Gasteiger partial charge on any atom is -0.480 e. The molecule has 0 saturated carbocycles. The van der Waals surface area contributed by atoms with Gasteiger partial charge in [0.05, 0.1) is 6.42 Å². The molecule has 4 N–H and O–H groups in total. The van der Waals surface area contributed by atoms with E-state index in [4.69, 9.17) is 10.8 Å². The van der Waals surface area contributed by atoms with Crippen LogP contribution in [0.5, 0.6) is 0 Å². The molecule has 0 aromatic heterocycles. The quantitative estimate of drug-likeness (QED) is 0.585. The van der Waals surface area contributed by atoms with Gasteiger partial charge in [-0.3, -0.25) is 14.4 Å². The van der Waals surface area contributed by atoms with E-state index in [0.29, 0.717) is 5.56 Å². The van der Waals surface area contributed by atoms with Crippen LogP contribution in [0.1, 0.15) is 29.6 Å². The van der Waals surface area contributed by atoms with Crippen molar-refractivity contribution in [3.8, 4) is 0 Å². The maximum absolute atomic E-state index is 11.8. The van der Waals surface area contributed by atoms with Crippen molar-refractivity contribution in [2.75, 3.05) is 0 Å². The van der Waals surface area contributed by atoms with Gasteiger partial charge in [-0.2, -0.15) is 0 Å². The molecule has 1 aromatic carbocycles. The first-order valence-electron chi connectivity index (χ1n) is 6.29. The zero-order chi connectivity index (χ0) is 15.8. The first-order chi connectivity index (χ1) is 9.90. The van der Waals surface area contributed by atoms with Crippen molar-refractivity contribution in [3.63, 3.8) is 0 Å². The molecule has 7 nitrogen and oxygen atoms in total. The number of carbonyl (C=O) groups excluding carboxylic acids is 3. The van der Waals surface area contributed by atoms with Crippen LogP contribution in [0.25, 0.3) is 0 Å². The highest BCUT2D eigenvalue weighted by Gasteiger charge is 2.22. The van der Waals surface area contributed by atoms with Crippen LogP contribution in [-0.4, -0.2) is 34.7 Å². The van der Waals surface area contributed by atoms with E-state index in [1.54, 1.807) is 30.3 Å². The molecule has 1 aromatic rings. The number of amides is 2. The number of ketones is 1. The van der Waals surface area contributed by atoms with Crippen molar-refractivity contribution in [1.29, 1.82) is 0 Å². The Morgan fingerprint density at radius 3 is 2.24 bits per heavy atom. The minimum atomic E-state index is -1.37. The second-order valence-electron chi connectivity index (χ2n) is 4.42. The monoisotopic (exact) mass is 292 g/mol. The Morgan fingerprint density at radius 2 is 1.71 bits per heavy atom. The van der Waals surface area contributed by atoms with Crippen molar-refractivity contribution in [2.45, 2.75) is 25.3 Å². The van der Waals surface area contributed by atoms with E-state index in [1.165, 1.54) is 0 Å². The molecule has 7 heteroatoms. The minimum absolute atomic E-state index is 0.0429. The van der Waals surface area contributed by atoms with Crippen LogP contribution >= 0.6 is 0 Å². The molecule has 0 saturated heterocycles. The highest BCUT2D eigenvalue weighted by atomic mass is 16.4. The van der Waals surface area contributed by atoms with Gasteiger partial charge in [-0.25, -0.2) is 4.79 Å². The number of nitrogens with one attached hydrogen (secondary N) is 1. The SMILES string of the molecule is NC(=O)CC(NC(=O)CCC(=O)c1ccccc1)C(=O)O. The normalized spacial score (nSPS) is 11.4. The number of carboxylic acids is 1. The lowest BCUT2D eigenvalue weighted by Crippen LogP contribution is -2.43. The van der Waals surface area contributed by atoms with Gasteiger partial charge in [-0.05, 0) is 0 Å². The fourth-order valence-corrected chi connectivity index (χ4v) is 1.66. The van der Waals surface area contributed by atoms with Crippen LogP contribution in [0.15, 0.2) is 30.3 Å². The molecule has 2 amide bonds. The molecular formula is C14H16N2O5. The Kier molecular flexibility index (Phi) is 6.06. The fourth-order valence-electron chi connectivity index (χ4n) is 1.66. The Hall–Kier alpha value is -2.70. The molecule has 1 unspecified atom stereocenters. The maximum atomic E-state index is 11.8. The Labute approximate surface area is 121 Å². The lowest BCUT2D eigenvalue weighted by atomic mass is 10.1. The molecule has 0 heterocycles. The third-order valence-electron chi connectivity index (χ3n) is 2.71. The van der Waals surface area contributed by atoms with Gasteiger partial charge in [0.25, 0.3) is 0 Å². The lowest BCUT2D eigenvalue weighted by molar-refractivity contribution is -0.143. The van der Waals surface area contributed by atoms with Crippen molar-refractivity contribution in [1.82, 2.24) is 5.32 Å². The highest BCUT2D eigenvalue weighted by molar-refractivity contribution is 5.98. The van der Waals surface area contributed by atoms with E-state index in [0.717, 1.165) is 0 Å². The molecule has 0 fully saturated rings. The standard InChI is InChI=1S/C14H16N2O5/c15-12(18)8-10(14(20)21)16-13(19)7-6-11(17)9-4-2-1-3-5-9/h1-5,10H,6-8H2,(H2,15,18)(H,16,19)(H,20,21). The average Bonchev–Trinajstić information content (AvgIpc) is 2.44. The Balaban J connectivity index is 2.48. The van der Waals surface area contributed by atoms with Gasteiger partial charge in [0.1, 0.15) is 6.04 Å². The number of hydrogen-bond donors (Lipinski definition) is 3. The number of Topliss-reactive ketones (excluding diaryl/α,β-unsaturated/α-hetero) is 1.